The summed E-state index contributed by atoms with van der Waals surface area (Å²) in [6.07, 6.45) is 5.03. The molecule has 0 unspecified atom stereocenters. The van der Waals surface area contributed by atoms with Crippen molar-refractivity contribution in [1.82, 2.24) is 15.3 Å². The molecule has 0 bridgehead atoms. The molecule has 7 heteroatoms. The lowest BCUT2D eigenvalue weighted by Gasteiger charge is -2.25. The summed E-state index contributed by atoms with van der Waals surface area (Å²) in [5.41, 5.74) is 0.893. The summed E-state index contributed by atoms with van der Waals surface area (Å²) in [4.78, 5) is 24.1. The Morgan fingerprint density at radius 2 is 2.11 bits per heavy atom. The van der Waals surface area contributed by atoms with Crippen molar-refractivity contribution in [1.29, 1.82) is 0 Å². The molecule has 1 N–H and O–H groups in total. The second-order valence-electron chi connectivity index (χ2n) is 7.36. The van der Waals surface area contributed by atoms with E-state index in [1.54, 1.807) is 7.11 Å². The number of ether oxygens (including phenoxy) is 1. The van der Waals surface area contributed by atoms with Crippen LogP contribution in [0.2, 0.25) is 5.02 Å². The number of rotatable bonds is 9. The van der Waals surface area contributed by atoms with Crippen molar-refractivity contribution in [2.24, 2.45) is 0 Å². The second-order valence-corrected chi connectivity index (χ2v) is 7.79. The van der Waals surface area contributed by atoms with E-state index in [-0.39, 0.29) is 5.91 Å². The number of nitrogens with one attached hydrogen (secondary N) is 1. The van der Waals surface area contributed by atoms with E-state index in [9.17, 15) is 4.79 Å². The number of anilines is 1. The van der Waals surface area contributed by atoms with Crippen LogP contribution in [-0.4, -0.2) is 48.7 Å². The van der Waals surface area contributed by atoms with Gasteiger partial charge in [-0.2, -0.15) is 0 Å². The largest absolute Gasteiger partial charge is 0.383 e. The second kappa shape index (κ2) is 7.98. The quantitative estimate of drug-likeness (QED) is 0.668. The fourth-order valence-corrected chi connectivity index (χ4v) is 3.46. The number of methoxy groups -OCH3 is 1. The van der Waals surface area contributed by atoms with E-state index in [0.717, 1.165) is 48.2 Å². The zero-order valence-corrected chi connectivity index (χ0v) is 16.3. The maximum atomic E-state index is 12.1. The number of fused-ring (bicyclic) bond motifs is 1. The Bertz CT molecular complexity index is 836. The van der Waals surface area contributed by atoms with Gasteiger partial charge in [-0.1, -0.05) is 11.6 Å². The van der Waals surface area contributed by atoms with Crippen LogP contribution < -0.4 is 10.2 Å². The summed E-state index contributed by atoms with van der Waals surface area (Å²) in [7, 11) is 1.63. The van der Waals surface area contributed by atoms with Crippen molar-refractivity contribution in [3.63, 3.8) is 0 Å². The number of carbonyl (C=O) groups excluding carboxylic acids is 1. The zero-order valence-electron chi connectivity index (χ0n) is 15.6. The van der Waals surface area contributed by atoms with E-state index >= 15 is 0 Å². The van der Waals surface area contributed by atoms with Crippen LogP contribution in [0.4, 0.5) is 5.82 Å². The lowest BCUT2D eigenvalue weighted by molar-refractivity contribution is -0.121. The molecule has 0 atom stereocenters. The molecule has 6 nitrogen and oxygen atoms in total. The first kappa shape index (κ1) is 18.4. The third-order valence-electron chi connectivity index (χ3n) is 5.07. The molecule has 2 aliphatic carbocycles. The molecule has 2 aliphatic rings. The van der Waals surface area contributed by atoms with Gasteiger partial charge in [0.15, 0.2) is 0 Å². The minimum atomic E-state index is 0.0431. The van der Waals surface area contributed by atoms with Crippen molar-refractivity contribution in [3.05, 3.63) is 29.0 Å². The molecule has 1 amide bonds. The smallest absolute Gasteiger partial charge is 0.221 e. The van der Waals surface area contributed by atoms with Gasteiger partial charge >= 0.3 is 0 Å². The standard InChI is InChI=1S/C20H25ClN4O2/c1-27-11-9-22-18(26)8-10-25(15-5-6-15)20-16-7-4-14(21)12-17(16)23-19(24-20)13-2-3-13/h4,7,12-13,15H,2-3,5-6,8-11H2,1H3,(H,22,26). The van der Waals surface area contributed by atoms with E-state index in [1.165, 1.54) is 0 Å². The maximum Gasteiger partial charge on any atom is 0.221 e. The van der Waals surface area contributed by atoms with Crippen LogP contribution in [-0.2, 0) is 9.53 Å². The number of benzene rings is 1. The molecule has 0 spiro atoms. The van der Waals surface area contributed by atoms with Crippen LogP contribution in [0.15, 0.2) is 18.2 Å². The van der Waals surface area contributed by atoms with Gasteiger partial charge in [-0.3, -0.25) is 4.79 Å². The molecule has 2 aromatic rings. The molecule has 0 saturated heterocycles. The monoisotopic (exact) mass is 388 g/mol. The number of aromatic nitrogens is 2. The fraction of sp³-hybridized carbons (Fsp3) is 0.550. The Labute approximate surface area is 164 Å². The highest BCUT2D eigenvalue weighted by molar-refractivity contribution is 6.31. The van der Waals surface area contributed by atoms with Gasteiger partial charge in [0.25, 0.3) is 0 Å². The number of hydrogen-bond acceptors (Lipinski definition) is 5. The highest BCUT2D eigenvalue weighted by Gasteiger charge is 2.33. The minimum Gasteiger partial charge on any atom is -0.383 e. The molecular weight excluding hydrogens is 364 g/mol. The molecule has 1 heterocycles. The normalized spacial score (nSPS) is 16.5. The molecule has 4 rings (SSSR count). The maximum absolute atomic E-state index is 12.1. The van der Waals surface area contributed by atoms with Crippen molar-refractivity contribution in [2.45, 2.75) is 44.1 Å². The van der Waals surface area contributed by atoms with Crippen molar-refractivity contribution < 1.29 is 9.53 Å². The van der Waals surface area contributed by atoms with Crippen molar-refractivity contribution in [3.8, 4) is 0 Å². The molecule has 0 radical (unpaired) electrons. The van der Waals surface area contributed by atoms with E-state index in [0.29, 0.717) is 43.1 Å². The molecule has 1 aromatic heterocycles. The topological polar surface area (TPSA) is 67.3 Å². The lowest BCUT2D eigenvalue weighted by atomic mass is 10.2. The SMILES string of the molecule is COCCNC(=O)CCN(c1nc(C2CC2)nc2cc(Cl)ccc12)C1CC1. The summed E-state index contributed by atoms with van der Waals surface area (Å²) in [6, 6.07) is 6.25. The Morgan fingerprint density at radius 3 is 2.81 bits per heavy atom. The summed E-state index contributed by atoms with van der Waals surface area (Å²) in [5.74, 6) is 2.37. The highest BCUT2D eigenvalue weighted by atomic mass is 35.5. The third-order valence-corrected chi connectivity index (χ3v) is 5.30. The molecule has 1 aromatic carbocycles. The van der Waals surface area contributed by atoms with Gasteiger partial charge in [0.05, 0.1) is 12.1 Å². The van der Waals surface area contributed by atoms with Crippen LogP contribution in [0, 0.1) is 0 Å². The van der Waals surface area contributed by atoms with E-state index in [4.69, 9.17) is 26.3 Å². The number of carbonyl (C=O) groups is 1. The van der Waals surface area contributed by atoms with Gasteiger partial charge in [-0.25, -0.2) is 9.97 Å². The first-order valence-electron chi connectivity index (χ1n) is 9.65. The first-order valence-corrected chi connectivity index (χ1v) is 10.0. The zero-order chi connectivity index (χ0) is 18.8. The van der Waals surface area contributed by atoms with Gasteiger partial charge in [0, 0.05) is 49.0 Å². The lowest BCUT2D eigenvalue weighted by Crippen LogP contribution is -2.34. The van der Waals surface area contributed by atoms with Gasteiger partial charge in [0.1, 0.15) is 11.6 Å². The number of halogens is 1. The molecule has 0 aliphatic heterocycles. The van der Waals surface area contributed by atoms with Gasteiger partial charge in [-0.15, -0.1) is 0 Å². The summed E-state index contributed by atoms with van der Waals surface area (Å²) < 4.78 is 4.98. The average Bonchev–Trinajstić information content (AvgIpc) is 3.55. The summed E-state index contributed by atoms with van der Waals surface area (Å²) in [6.45, 7) is 1.72. The molecule has 2 fully saturated rings. The van der Waals surface area contributed by atoms with Crippen LogP contribution in [0.1, 0.15) is 43.8 Å². The fourth-order valence-electron chi connectivity index (χ4n) is 3.30. The Kier molecular flexibility index (Phi) is 5.45. The van der Waals surface area contributed by atoms with Crippen LogP contribution in [0.3, 0.4) is 0 Å². The van der Waals surface area contributed by atoms with Gasteiger partial charge < -0.3 is 15.0 Å². The molecule has 2 saturated carbocycles. The predicted octanol–water partition coefficient (Wildman–Crippen LogP) is 3.28. The first-order chi connectivity index (χ1) is 13.2. The Morgan fingerprint density at radius 1 is 1.30 bits per heavy atom. The van der Waals surface area contributed by atoms with E-state index < -0.39 is 0 Å². The van der Waals surface area contributed by atoms with E-state index in [1.807, 2.05) is 18.2 Å². The van der Waals surface area contributed by atoms with E-state index in [2.05, 4.69) is 10.2 Å². The van der Waals surface area contributed by atoms with Crippen molar-refractivity contribution in [2.75, 3.05) is 31.7 Å². The number of nitrogens with zero attached hydrogens (tertiary/aromatic N) is 3. The van der Waals surface area contributed by atoms with Crippen LogP contribution in [0.25, 0.3) is 10.9 Å². The van der Waals surface area contributed by atoms with Gasteiger partial charge in [0.2, 0.25) is 5.91 Å². The number of amides is 1. The van der Waals surface area contributed by atoms with Gasteiger partial charge in [-0.05, 0) is 43.9 Å². The summed E-state index contributed by atoms with van der Waals surface area (Å²) in [5, 5.41) is 4.59. The molecule has 27 heavy (non-hydrogen) atoms. The predicted molar refractivity (Wildman–Crippen MR) is 106 cm³/mol. The molecule has 144 valence electrons. The average molecular weight is 389 g/mol. The highest BCUT2D eigenvalue weighted by Crippen LogP contribution is 2.41. The Balaban J connectivity index is 1.58. The summed E-state index contributed by atoms with van der Waals surface area (Å²) >= 11 is 6.20. The van der Waals surface area contributed by atoms with Crippen molar-refractivity contribution >= 4 is 34.2 Å². The third kappa shape index (κ3) is 4.50. The van der Waals surface area contributed by atoms with Crippen LogP contribution in [0.5, 0.6) is 0 Å². The van der Waals surface area contributed by atoms with Crippen LogP contribution >= 0.6 is 11.6 Å². The number of hydrogen-bond donors (Lipinski definition) is 1. The Hall–Kier alpha value is -1.92. The molecular formula is C20H25ClN4O2. The minimum absolute atomic E-state index is 0.0431.